The van der Waals surface area contributed by atoms with Gasteiger partial charge in [0.05, 0.1) is 11.5 Å². The molecule has 0 aliphatic carbocycles. The fourth-order valence-corrected chi connectivity index (χ4v) is 3.97. The summed E-state index contributed by atoms with van der Waals surface area (Å²) in [6, 6.07) is 18.6. The summed E-state index contributed by atoms with van der Waals surface area (Å²) in [5.41, 5.74) is 2.95. The summed E-state index contributed by atoms with van der Waals surface area (Å²) < 4.78 is 0. The number of carbonyl (C=O) groups excluding carboxylic acids is 1. The first-order valence-corrected chi connectivity index (χ1v) is 7.41. The summed E-state index contributed by atoms with van der Waals surface area (Å²) in [7, 11) is 1.89. The quantitative estimate of drug-likeness (QED) is 0.869. The van der Waals surface area contributed by atoms with Gasteiger partial charge in [-0.3, -0.25) is 4.79 Å². The molecule has 2 heterocycles. The average molecular weight is 278 g/mol. The van der Waals surface area contributed by atoms with Crippen molar-refractivity contribution in [3.8, 4) is 0 Å². The number of rotatable bonds is 1. The van der Waals surface area contributed by atoms with Crippen molar-refractivity contribution < 1.29 is 4.79 Å². The molecule has 1 spiro atoms. The van der Waals surface area contributed by atoms with Crippen LogP contribution in [0.15, 0.2) is 54.6 Å². The van der Waals surface area contributed by atoms with E-state index < -0.39 is 5.41 Å². The monoisotopic (exact) mass is 278 g/mol. The van der Waals surface area contributed by atoms with E-state index in [2.05, 4.69) is 23.5 Å². The minimum atomic E-state index is -0.452. The molecule has 0 unspecified atom stereocenters. The van der Waals surface area contributed by atoms with Crippen molar-refractivity contribution in [2.75, 3.05) is 18.5 Å². The molecule has 2 aromatic carbocycles. The van der Waals surface area contributed by atoms with Gasteiger partial charge >= 0.3 is 0 Å². The van der Waals surface area contributed by atoms with E-state index in [1.54, 1.807) is 0 Å². The van der Waals surface area contributed by atoms with Crippen molar-refractivity contribution >= 4 is 11.6 Å². The number of fused-ring (bicyclic) bond motifs is 2. The fourth-order valence-electron chi connectivity index (χ4n) is 3.97. The highest BCUT2D eigenvalue weighted by atomic mass is 16.2. The molecule has 21 heavy (non-hydrogen) atoms. The SMILES string of the molecule is CN1C(=O)[C@]2(CCN[C@H]2c2ccccc2)c2ccccc21. The highest BCUT2D eigenvalue weighted by molar-refractivity contribution is 6.08. The number of hydrogen-bond donors (Lipinski definition) is 1. The second-order valence-electron chi connectivity index (χ2n) is 5.90. The van der Waals surface area contributed by atoms with Crippen LogP contribution in [0.5, 0.6) is 0 Å². The minimum absolute atomic E-state index is 0.0531. The maximum Gasteiger partial charge on any atom is 0.239 e. The van der Waals surface area contributed by atoms with Crippen LogP contribution in [-0.2, 0) is 10.2 Å². The second-order valence-corrected chi connectivity index (χ2v) is 5.90. The Bertz CT molecular complexity index is 697. The summed E-state index contributed by atoms with van der Waals surface area (Å²) in [6.07, 6.45) is 0.854. The van der Waals surface area contributed by atoms with Gasteiger partial charge in [0, 0.05) is 12.7 Å². The lowest BCUT2D eigenvalue weighted by atomic mass is 9.73. The molecular formula is C18H18N2O. The summed E-state index contributed by atoms with van der Waals surface area (Å²) in [5, 5.41) is 3.55. The van der Waals surface area contributed by atoms with Gasteiger partial charge in [0.1, 0.15) is 0 Å². The van der Waals surface area contributed by atoms with Gasteiger partial charge in [0.2, 0.25) is 5.91 Å². The van der Waals surface area contributed by atoms with E-state index in [9.17, 15) is 4.79 Å². The molecule has 1 fully saturated rings. The highest BCUT2D eigenvalue weighted by Crippen LogP contribution is 2.52. The van der Waals surface area contributed by atoms with Crippen LogP contribution in [0.2, 0.25) is 0 Å². The van der Waals surface area contributed by atoms with Gasteiger partial charge < -0.3 is 10.2 Å². The smallest absolute Gasteiger partial charge is 0.239 e. The molecule has 3 nitrogen and oxygen atoms in total. The van der Waals surface area contributed by atoms with Crippen LogP contribution in [0.1, 0.15) is 23.6 Å². The molecule has 3 heteroatoms. The van der Waals surface area contributed by atoms with Crippen molar-refractivity contribution in [2.45, 2.75) is 17.9 Å². The Morgan fingerprint density at radius 1 is 1.10 bits per heavy atom. The van der Waals surface area contributed by atoms with E-state index in [4.69, 9.17) is 0 Å². The second kappa shape index (κ2) is 4.43. The van der Waals surface area contributed by atoms with Crippen LogP contribution in [0.3, 0.4) is 0 Å². The first-order chi connectivity index (χ1) is 10.2. The van der Waals surface area contributed by atoms with Crippen molar-refractivity contribution in [1.29, 1.82) is 0 Å². The molecule has 1 N–H and O–H groups in total. The molecule has 2 aliphatic heterocycles. The summed E-state index contributed by atoms with van der Waals surface area (Å²) in [6.45, 7) is 0.869. The van der Waals surface area contributed by atoms with Crippen molar-refractivity contribution in [3.63, 3.8) is 0 Å². The number of para-hydroxylation sites is 1. The Hall–Kier alpha value is -2.13. The lowest BCUT2D eigenvalue weighted by molar-refractivity contribution is -0.123. The maximum absolute atomic E-state index is 13.1. The molecular weight excluding hydrogens is 260 g/mol. The lowest BCUT2D eigenvalue weighted by Gasteiger charge is -2.30. The predicted octanol–water partition coefficient (Wildman–Crippen LogP) is 2.64. The van der Waals surface area contributed by atoms with E-state index >= 15 is 0 Å². The number of carbonyl (C=O) groups is 1. The molecule has 1 saturated heterocycles. The molecule has 0 radical (unpaired) electrons. The Labute approximate surface area is 124 Å². The molecule has 0 bridgehead atoms. The van der Waals surface area contributed by atoms with E-state index in [1.807, 2.05) is 48.3 Å². The van der Waals surface area contributed by atoms with Crippen LogP contribution in [0, 0.1) is 0 Å². The van der Waals surface area contributed by atoms with Gasteiger partial charge in [-0.1, -0.05) is 48.5 Å². The number of likely N-dealkylation sites (N-methyl/N-ethyl adjacent to an activating group) is 1. The zero-order chi connectivity index (χ0) is 14.4. The van der Waals surface area contributed by atoms with Crippen LogP contribution in [0.4, 0.5) is 5.69 Å². The van der Waals surface area contributed by atoms with E-state index in [1.165, 1.54) is 5.56 Å². The van der Waals surface area contributed by atoms with E-state index in [0.717, 1.165) is 24.2 Å². The first kappa shape index (κ1) is 12.6. The molecule has 2 aromatic rings. The molecule has 2 aliphatic rings. The van der Waals surface area contributed by atoms with Crippen LogP contribution in [-0.4, -0.2) is 19.5 Å². The zero-order valence-corrected chi connectivity index (χ0v) is 12.0. The zero-order valence-electron chi connectivity index (χ0n) is 12.0. The average Bonchev–Trinajstić information content (AvgIpc) is 3.07. The van der Waals surface area contributed by atoms with Gasteiger partial charge in [0.25, 0.3) is 0 Å². The summed E-state index contributed by atoms with van der Waals surface area (Å²) in [4.78, 5) is 14.9. The largest absolute Gasteiger partial charge is 0.314 e. The highest BCUT2D eigenvalue weighted by Gasteiger charge is 2.57. The molecule has 1 amide bonds. The van der Waals surface area contributed by atoms with Crippen molar-refractivity contribution in [3.05, 3.63) is 65.7 Å². The van der Waals surface area contributed by atoms with Crippen LogP contribution >= 0.6 is 0 Å². The van der Waals surface area contributed by atoms with Gasteiger partial charge in [-0.2, -0.15) is 0 Å². The van der Waals surface area contributed by atoms with Crippen molar-refractivity contribution in [2.24, 2.45) is 0 Å². The third-order valence-corrected chi connectivity index (χ3v) is 4.93. The van der Waals surface area contributed by atoms with Crippen LogP contribution < -0.4 is 10.2 Å². The molecule has 4 rings (SSSR count). The lowest BCUT2D eigenvalue weighted by Crippen LogP contribution is -2.42. The Kier molecular flexibility index (Phi) is 2.66. The number of nitrogens with zero attached hydrogens (tertiary/aromatic N) is 1. The van der Waals surface area contributed by atoms with Gasteiger partial charge in [-0.15, -0.1) is 0 Å². The number of nitrogens with one attached hydrogen (secondary N) is 1. The number of amides is 1. The number of benzene rings is 2. The molecule has 106 valence electrons. The van der Waals surface area contributed by atoms with E-state index in [-0.39, 0.29) is 11.9 Å². The Morgan fingerprint density at radius 3 is 2.62 bits per heavy atom. The number of anilines is 1. The first-order valence-electron chi connectivity index (χ1n) is 7.41. The summed E-state index contributed by atoms with van der Waals surface area (Å²) in [5.74, 6) is 0.211. The standard InChI is InChI=1S/C18H18N2O/c1-20-15-10-6-5-9-14(15)18(17(20)21)11-12-19-16(18)13-7-3-2-4-8-13/h2-10,16,19H,11-12H2,1H3/t16-,18+/m0/s1. The minimum Gasteiger partial charge on any atom is -0.314 e. The maximum atomic E-state index is 13.1. The normalized spacial score (nSPS) is 27.4. The molecule has 2 atom stereocenters. The summed E-state index contributed by atoms with van der Waals surface area (Å²) >= 11 is 0. The van der Waals surface area contributed by atoms with Crippen LogP contribution in [0.25, 0.3) is 0 Å². The molecule has 0 aromatic heterocycles. The Balaban J connectivity index is 1.92. The molecule has 0 saturated carbocycles. The van der Waals surface area contributed by atoms with Gasteiger partial charge in [0.15, 0.2) is 0 Å². The third-order valence-electron chi connectivity index (χ3n) is 4.93. The Morgan fingerprint density at radius 2 is 1.81 bits per heavy atom. The fraction of sp³-hybridized carbons (Fsp3) is 0.278. The van der Waals surface area contributed by atoms with Crippen molar-refractivity contribution in [1.82, 2.24) is 5.32 Å². The predicted molar refractivity (Wildman–Crippen MR) is 83.3 cm³/mol. The topological polar surface area (TPSA) is 32.3 Å². The van der Waals surface area contributed by atoms with Gasteiger partial charge in [-0.05, 0) is 30.2 Å². The number of hydrogen-bond acceptors (Lipinski definition) is 2. The van der Waals surface area contributed by atoms with E-state index in [0.29, 0.717) is 0 Å². The third kappa shape index (κ3) is 1.55. The van der Waals surface area contributed by atoms with Gasteiger partial charge in [-0.25, -0.2) is 0 Å².